The van der Waals surface area contributed by atoms with Gasteiger partial charge in [0.1, 0.15) is 11.5 Å². The molecule has 0 aliphatic rings. The molecule has 0 unspecified atom stereocenters. The molecule has 0 aliphatic heterocycles. The maximum atomic E-state index is 10.9. The molecule has 7 N–H and O–H groups in total. The van der Waals surface area contributed by atoms with E-state index in [1.807, 2.05) is 19.2 Å². The van der Waals surface area contributed by atoms with Crippen molar-refractivity contribution in [2.24, 2.45) is 11.6 Å². The summed E-state index contributed by atoms with van der Waals surface area (Å²) in [5, 5.41) is 22.2. The highest BCUT2D eigenvalue weighted by molar-refractivity contribution is 6.34. The van der Waals surface area contributed by atoms with Gasteiger partial charge in [0.05, 0.1) is 10.7 Å². The van der Waals surface area contributed by atoms with Crippen molar-refractivity contribution in [2.45, 2.75) is 6.42 Å². The maximum Gasteiger partial charge on any atom is 0.333 e. The van der Waals surface area contributed by atoms with Crippen LogP contribution in [-0.2, 0) is 6.42 Å². The summed E-state index contributed by atoms with van der Waals surface area (Å²) in [6.45, 7) is 0. The lowest BCUT2D eigenvalue weighted by Gasteiger charge is -2.17. The van der Waals surface area contributed by atoms with Crippen LogP contribution >= 0.6 is 23.2 Å². The number of aromatic hydroxyl groups is 2. The summed E-state index contributed by atoms with van der Waals surface area (Å²) in [6, 6.07) is 8.86. The van der Waals surface area contributed by atoms with Gasteiger partial charge in [-0.25, -0.2) is 15.6 Å². The fourth-order valence-electron chi connectivity index (χ4n) is 1.86. The molecule has 9 heteroatoms. The first-order chi connectivity index (χ1) is 11.8. The van der Waals surface area contributed by atoms with Crippen LogP contribution in [0.1, 0.15) is 5.56 Å². The number of benzene rings is 2. The minimum Gasteiger partial charge on any atom is -0.508 e. The topological polar surface area (TPSA) is 125 Å². The Morgan fingerprint density at radius 3 is 2.28 bits per heavy atom. The Morgan fingerprint density at radius 2 is 1.80 bits per heavy atom. The second kappa shape index (κ2) is 9.83. The lowest BCUT2D eigenvalue weighted by Crippen LogP contribution is -2.41. The summed E-state index contributed by atoms with van der Waals surface area (Å²) in [5.74, 6) is 6.01. The zero-order valence-electron chi connectivity index (χ0n) is 13.5. The highest BCUT2D eigenvalue weighted by Gasteiger charge is 2.16. The van der Waals surface area contributed by atoms with Gasteiger partial charge in [-0.15, -0.1) is 11.6 Å². The molecule has 0 spiro atoms. The van der Waals surface area contributed by atoms with E-state index in [-0.39, 0.29) is 22.3 Å². The van der Waals surface area contributed by atoms with E-state index in [1.54, 1.807) is 12.1 Å². The van der Waals surface area contributed by atoms with Gasteiger partial charge in [-0.2, -0.15) is 0 Å². The van der Waals surface area contributed by atoms with Gasteiger partial charge in [0.25, 0.3) is 0 Å². The molecule has 2 amide bonds. The molecular weight excluding hydrogens is 367 g/mol. The van der Waals surface area contributed by atoms with Crippen LogP contribution in [0.5, 0.6) is 11.5 Å². The third kappa shape index (κ3) is 5.90. The Kier molecular flexibility index (Phi) is 8.13. The van der Waals surface area contributed by atoms with Gasteiger partial charge in [-0.3, -0.25) is 0 Å². The number of rotatable bonds is 4. The average Bonchev–Trinajstić information content (AvgIpc) is 2.59. The highest BCUT2D eigenvalue weighted by atomic mass is 35.5. The predicted molar refractivity (Wildman–Crippen MR) is 101 cm³/mol. The number of nitrogens with zero attached hydrogens (tertiary/aromatic N) is 1. The maximum absolute atomic E-state index is 10.9. The quantitative estimate of drug-likeness (QED) is 0.181. The molecule has 0 saturated heterocycles. The zero-order valence-corrected chi connectivity index (χ0v) is 15.1. The van der Waals surface area contributed by atoms with Gasteiger partial charge < -0.3 is 21.3 Å². The summed E-state index contributed by atoms with van der Waals surface area (Å²) in [4.78, 5) is 10.9. The standard InChI is InChI=1S/C9H11Cl2N3O2.C7H9NO/c10-4-3-5-7(15)2-1-6(8(5)11)14(13)9(12)16;1-8-6-2-4-7(9)5-3-6/h1-2,15H,3-4,13H2,(H2,12,16);2-5,8-9H,1H3. The van der Waals surface area contributed by atoms with Crippen molar-refractivity contribution in [3.05, 3.63) is 47.0 Å². The van der Waals surface area contributed by atoms with Crippen molar-refractivity contribution in [3.63, 3.8) is 0 Å². The van der Waals surface area contributed by atoms with Gasteiger partial charge in [0.2, 0.25) is 0 Å². The molecule has 0 aromatic heterocycles. The fourth-order valence-corrected chi connectivity index (χ4v) is 2.40. The van der Waals surface area contributed by atoms with E-state index >= 15 is 0 Å². The van der Waals surface area contributed by atoms with Crippen LogP contribution in [0.2, 0.25) is 5.02 Å². The molecule has 0 aliphatic carbocycles. The minimum atomic E-state index is -0.843. The van der Waals surface area contributed by atoms with Crippen LogP contribution in [0, 0.1) is 0 Å². The minimum absolute atomic E-state index is 0.00673. The third-order valence-corrected chi connectivity index (χ3v) is 3.81. The largest absolute Gasteiger partial charge is 0.508 e. The Morgan fingerprint density at radius 1 is 1.20 bits per heavy atom. The number of halogens is 2. The molecule has 2 rings (SSSR count). The molecule has 7 nitrogen and oxygen atoms in total. The van der Waals surface area contributed by atoms with Crippen molar-refractivity contribution in [2.75, 3.05) is 23.3 Å². The second-order valence-corrected chi connectivity index (χ2v) is 5.60. The number of carbonyl (C=O) groups excluding carboxylic acids is 1. The molecule has 0 saturated carbocycles. The van der Waals surface area contributed by atoms with Crippen LogP contribution in [0.25, 0.3) is 0 Å². The molecule has 2 aromatic rings. The summed E-state index contributed by atoms with van der Waals surface area (Å²) >= 11 is 11.6. The predicted octanol–water partition coefficient (Wildman–Crippen LogP) is 3.02. The van der Waals surface area contributed by atoms with E-state index in [1.165, 1.54) is 12.1 Å². The average molecular weight is 387 g/mol. The molecule has 25 heavy (non-hydrogen) atoms. The van der Waals surface area contributed by atoms with Crippen molar-refractivity contribution in [1.29, 1.82) is 0 Å². The number of hydrogen-bond acceptors (Lipinski definition) is 5. The number of urea groups is 1. The number of phenolic OH excluding ortho intramolecular Hbond substituents is 2. The van der Waals surface area contributed by atoms with Gasteiger partial charge in [-0.05, 0) is 42.8 Å². The third-order valence-electron chi connectivity index (χ3n) is 3.20. The number of primary amides is 1. The summed E-state index contributed by atoms with van der Waals surface area (Å²) < 4.78 is 0. The van der Waals surface area contributed by atoms with Crippen LogP contribution in [-0.4, -0.2) is 29.2 Å². The number of nitrogens with one attached hydrogen (secondary N) is 1. The second-order valence-electron chi connectivity index (χ2n) is 4.84. The van der Waals surface area contributed by atoms with Crippen molar-refractivity contribution in [3.8, 4) is 11.5 Å². The number of amides is 2. The number of nitrogens with two attached hydrogens (primary N) is 2. The highest BCUT2D eigenvalue weighted by Crippen LogP contribution is 2.34. The van der Waals surface area contributed by atoms with Gasteiger partial charge >= 0.3 is 6.03 Å². The monoisotopic (exact) mass is 386 g/mol. The van der Waals surface area contributed by atoms with Crippen LogP contribution < -0.4 is 21.9 Å². The lowest BCUT2D eigenvalue weighted by atomic mass is 10.1. The number of carbonyl (C=O) groups is 1. The molecule has 0 heterocycles. The normalized spacial score (nSPS) is 9.76. The van der Waals surface area contributed by atoms with Crippen LogP contribution in [0.3, 0.4) is 0 Å². The summed E-state index contributed by atoms with van der Waals surface area (Å²) in [6.07, 6.45) is 0.368. The molecule has 0 fully saturated rings. The van der Waals surface area contributed by atoms with Crippen molar-refractivity contribution < 1.29 is 15.0 Å². The zero-order chi connectivity index (χ0) is 19.0. The molecule has 136 valence electrons. The fraction of sp³-hybridized carbons (Fsp3) is 0.188. The molecule has 0 atom stereocenters. The Balaban J connectivity index is 0.000000293. The van der Waals surface area contributed by atoms with Gasteiger partial charge in [-0.1, -0.05) is 11.6 Å². The lowest BCUT2D eigenvalue weighted by molar-refractivity contribution is 0.254. The van der Waals surface area contributed by atoms with Gasteiger partial charge in [0.15, 0.2) is 0 Å². The van der Waals surface area contributed by atoms with Crippen LogP contribution in [0.15, 0.2) is 36.4 Å². The van der Waals surface area contributed by atoms with Crippen LogP contribution in [0.4, 0.5) is 16.2 Å². The first-order valence-electron chi connectivity index (χ1n) is 7.19. The number of hydrogen-bond donors (Lipinski definition) is 5. The van der Waals surface area contributed by atoms with E-state index in [9.17, 15) is 9.90 Å². The molecule has 0 bridgehead atoms. The summed E-state index contributed by atoms with van der Waals surface area (Å²) in [5.41, 5.74) is 6.69. The molecule has 0 radical (unpaired) electrons. The van der Waals surface area contributed by atoms with E-state index < -0.39 is 6.03 Å². The Bertz CT molecular complexity index is 711. The summed E-state index contributed by atoms with van der Waals surface area (Å²) in [7, 11) is 1.84. The van der Waals surface area contributed by atoms with E-state index in [0.29, 0.717) is 22.7 Å². The van der Waals surface area contributed by atoms with Gasteiger partial charge in [0, 0.05) is 24.2 Å². The molecular formula is C16H20Cl2N4O3. The first-order valence-corrected chi connectivity index (χ1v) is 8.10. The number of phenols is 2. The first kappa shape index (κ1) is 20.7. The SMILES string of the molecule is CNc1ccc(O)cc1.NC(=O)N(N)c1ccc(O)c(CCCl)c1Cl. The van der Waals surface area contributed by atoms with E-state index in [2.05, 4.69) is 5.32 Å². The number of alkyl halides is 1. The molecule has 2 aromatic carbocycles. The van der Waals surface area contributed by atoms with E-state index in [4.69, 9.17) is 39.9 Å². The number of anilines is 2. The smallest absolute Gasteiger partial charge is 0.333 e. The van der Waals surface area contributed by atoms with E-state index in [0.717, 1.165) is 5.69 Å². The Labute approximate surface area is 155 Å². The number of hydrazine groups is 1. The Hall–Kier alpha value is -2.35. The van der Waals surface area contributed by atoms with Crippen molar-refractivity contribution >= 4 is 40.6 Å². The van der Waals surface area contributed by atoms with Crippen molar-refractivity contribution in [1.82, 2.24) is 0 Å².